The number of aromatic nitrogens is 3. The minimum Gasteiger partial charge on any atom is -0.325 e. The Kier molecular flexibility index (Phi) is 1.79. The summed E-state index contributed by atoms with van der Waals surface area (Å²) in [6.07, 6.45) is 6.10. The molecule has 0 radical (unpaired) electrons. The third-order valence-corrected chi connectivity index (χ3v) is 3.17. The van der Waals surface area contributed by atoms with E-state index in [0.717, 1.165) is 42.4 Å². The van der Waals surface area contributed by atoms with Crippen molar-refractivity contribution in [3.05, 3.63) is 24.0 Å². The van der Waals surface area contributed by atoms with E-state index in [9.17, 15) is 0 Å². The molecule has 1 aliphatic carbocycles. The van der Waals surface area contributed by atoms with Crippen LogP contribution in [-0.4, -0.2) is 20.7 Å². The number of nitrogens with zero attached hydrogens (tertiary/aromatic N) is 2. The van der Waals surface area contributed by atoms with Crippen LogP contribution in [0.2, 0.25) is 0 Å². The standard InChI is InChI=1S/C11H14N4/c12-11(5-6-11)4-3-9-8-2-1-7-13-10(8)15-14-9/h1-2,7H,3-6,12H2,(H,13,14,15). The number of fused-ring (bicyclic) bond motifs is 1. The Labute approximate surface area is 87.9 Å². The number of H-pyrrole nitrogens is 1. The molecule has 78 valence electrons. The normalized spacial score (nSPS) is 18.2. The van der Waals surface area contributed by atoms with Gasteiger partial charge in [-0.2, -0.15) is 5.10 Å². The van der Waals surface area contributed by atoms with Crippen LogP contribution < -0.4 is 5.73 Å². The molecule has 2 aromatic rings. The fraction of sp³-hybridized carbons (Fsp3) is 0.455. The fourth-order valence-corrected chi connectivity index (χ4v) is 1.88. The van der Waals surface area contributed by atoms with Crippen molar-refractivity contribution in [3.8, 4) is 0 Å². The molecule has 4 heteroatoms. The summed E-state index contributed by atoms with van der Waals surface area (Å²) in [5.74, 6) is 0. The van der Waals surface area contributed by atoms with E-state index in [0.29, 0.717) is 0 Å². The van der Waals surface area contributed by atoms with Crippen molar-refractivity contribution >= 4 is 11.0 Å². The zero-order chi connectivity index (χ0) is 10.3. The second kappa shape index (κ2) is 3.03. The van der Waals surface area contributed by atoms with E-state index in [1.54, 1.807) is 6.20 Å². The van der Waals surface area contributed by atoms with Crippen molar-refractivity contribution < 1.29 is 0 Å². The smallest absolute Gasteiger partial charge is 0.181 e. The average molecular weight is 202 g/mol. The summed E-state index contributed by atoms with van der Waals surface area (Å²) in [5, 5.41) is 8.34. The summed E-state index contributed by atoms with van der Waals surface area (Å²) in [6.45, 7) is 0. The first-order valence-electron chi connectivity index (χ1n) is 5.34. The molecule has 15 heavy (non-hydrogen) atoms. The summed E-state index contributed by atoms with van der Waals surface area (Å²) in [4.78, 5) is 4.19. The monoisotopic (exact) mass is 202 g/mol. The van der Waals surface area contributed by atoms with Gasteiger partial charge in [0, 0.05) is 22.8 Å². The van der Waals surface area contributed by atoms with Crippen LogP contribution in [0.5, 0.6) is 0 Å². The van der Waals surface area contributed by atoms with Gasteiger partial charge in [0.05, 0.1) is 0 Å². The van der Waals surface area contributed by atoms with Gasteiger partial charge in [0.25, 0.3) is 0 Å². The highest BCUT2D eigenvalue weighted by atomic mass is 15.1. The molecule has 2 aromatic heterocycles. The van der Waals surface area contributed by atoms with Crippen molar-refractivity contribution in [3.63, 3.8) is 0 Å². The van der Waals surface area contributed by atoms with Crippen LogP contribution in [0.1, 0.15) is 25.0 Å². The second-order valence-corrected chi connectivity index (χ2v) is 4.44. The SMILES string of the molecule is NC1(CCc2[nH]nc3ncccc23)CC1. The Morgan fingerprint density at radius 1 is 1.47 bits per heavy atom. The van der Waals surface area contributed by atoms with Gasteiger partial charge in [-0.15, -0.1) is 0 Å². The fourth-order valence-electron chi connectivity index (χ4n) is 1.88. The van der Waals surface area contributed by atoms with Crippen LogP contribution >= 0.6 is 0 Å². The first-order valence-corrected chi connectivity index (χ1v) is 5.34. The molecule has 0 aromatic carbocycles. The van der Waals surface area contributed by atoms with Crippen LogP contribution in [0, 0.1) is 0 Å². The Hall–Kier alpha value is -1.42. The molecule has 0 saturated heterocycles. The molecule has 3 rings (SSSR count). The molecule has 0 spiro atoms. The van der Waals surface area contributed by atoms with E-state index in [1.807, 2.05) is 6.07 Å². The van der Waals surface area contributed by atoms with Crippen LogP contribution in [0.15, 0.2) is 18.3 Å². The lowest BCUT2D eigenvalue weighted by Gasteiger charge is -2.06. The molecule has 1 aliphatic rings. The summed E-state index contributed by atoms with van der Waals surface area (Å²) in [5.41, 5.74) is 8.13. The number of pyridine rings is 1. The highest BCUT2D eigenvalue weighted by molar-refractivity contribution is 5.77. The zero-order valence-electron chi connectivity index (χ0n) is 8.53. The van der Waals surface area contributed by atoms with Gasteiger partial charge in [-0.25, -0.2) is 4.98 Å². The topological polar surface area (TPSA) is 67.6 Å². The number of aryl methyl sites for hydroxylation is 1. The van der Waals surface area contributed by atoms with Crippen LogP contribution in [0.25, 0.3) is 11.0 Å². The van der Waals surface area contributed by atoms with Crippen LogP contribution in [-0.2, 0) is 6.42 Å². The maximum Gasteiger partial charge on any atom is 0.181 e. The molecule has 0 amide bonds. The van der Waals surface area contributed by atoms with Crippen molar-refractivity contribution in [1.29, 1.82) is 0 Å². The lowest BCUT2D eigenvalue weighted by Crippen LogP contribution is -2.22. The molecule has 0 atom stereocenters. The first kappa shape index (κ1) is 8.85. The van der Waals surface area contributed by atoms with Crippen LogP contribution in [0.4, 0.5) is 0 Å². The van der Waals surface area contributed by atoms with Gasteiger partial charge in [-0.3, -0.25) is 5.10 Å². The second-order valence-electron chi connectivity index (χ2n) is 4.44. The number of hydrogen-bond acceptors (Lipinski definition) is 3. The van der Waals surface area contributed by atoms with Crippen LogP contribution in [0.3, 0.4) is 0 Å². The maximum absolute atomic E-state index is 6.06. The molecule has 0 aliphatic heterocycles. The molecule has 1 saturated carbocycles. The van der Waals surface area contributed by atoms with Gasteiger partial charge in [-0.1, -0.05) is 0 Å². The molecule has 3 N–H and O–H groups in total. The van der Waals surface area contributed by atoms with Gasteiger partial charge in [-0.05, 0) is 37.8 Å². The lowest BCUT2D eigenvalue weighted by molar-refractivity contribution is 0.604. The van der Waals surface area contributed by atoms with Gasteiger partial charge in [0.2, 0.25) is 0 Å². The lowest BCUT2D eigenvalue weighted by atomic mass is 10.1. The summed E-state index contributed by atoms with van der Waals surface area (Å²) in [6, 6.07) is 3.99. The van der Waals surface area contributed by atoms with E-state index in [1.165, 1.54) is 0 Å². The van der Waals surface area contributed by atoms with E-state index in [2.05, 4.69) is 21.2 Å². The van der Waals surface area contributed by atoms with Gasteiger partial charge in [0.1, 0.15) is 0 Å². The highest BCUT2D eigenvalue weighted by Crippen LogP contribution is 2.36. The Balaban J connectivity index is 1.84. The predicted molar refractivity (Wildman–Crippen MR) is 58.4 cm³/mol. The maximum atomic E-state index is 6.06. The van der Waals surface area contributed by atoms with Gasteiger partial charge >= 0.3 is 0 Å². The summed E-state index contributed by atoms with van der Waals surface area (Å²) < 4.78 is 0. The summed E-state index contributed by atoms with van der Waals surface area (Å²) in [7, 11) is 0. The molecule has 2 heterocycles. The Morgan fingerprint density at radius 2 is 2.33 bits per heavy atom. The molecule has 1 fully saturated rings. The minimum atomic E-state index is 0.111. The highest BCUT2D eigenvalue weighted by Gasteiger charge is 2.37. The largest absolute Gasteiger partial charge is 0.325 e. The van der Waals surface area contributed by atoms with E-state index in [-0.39, 0.29) is 5.54 Å². The Morgan fingerprint density at radius 3 is 3.13 bits per heavy atom. The average Bonchev–Trinajstić information content (AvgIpc) is 2.86. The van der Waals surface area contributed by atoms with E-state index >= 15 is 0 Å². The van der Waals surface area contributed by atoms with Gasteiger partial charge in [0.15, 0.2) is 5.65 Å². The number of nitrogens with two attached hydrogens (primary N) is 1. The predicted octanol–water partition coefficient (Wildman–Crippen LogP) is 1.38. The first-order chi connectivity index (χ1) is 7.27. The minimum absolute atomic E-state index is 0.111. The van der Waals surface area contributed by atoms with E-state index in [4.69, 9.17) is 5.73 Å². The number of hydrogen-bond donors (Lipinski definition) is 2. The van der Waals surface area contributed by atoms with Crippen molar-refractivity contribution in [2.24, 2.45) is 5.73 Å². The van der Waals surface area contributed by atoms with Crippen molar-refractivity contribution in [2.45, 2.75) is 31.2 Å². The van der Waals surface area contributed by atoms with Gasteiger partial charge < -0.3 is 5.73 Å². The van der Waals surface area contributed by atoms with Crippen molar-refractivity contribution in [2.75, 3.05) is 0 Å². The zero-order valence-corrected chi connectivity index (χ0v) is 8.53. The third kappa shape index (κ3) is 1.61. The number of aromatic amines is 1. The molecule has 0 bridgehead atoms. The quantitative estimate of drug-likeness (QED) is 0.790. The molecule has 4 nitrogen and oxygen atoms in total. The van der Waals surface area contributed by atoms with E-state index < -0.39 is 0 Å². The number of rotatable bonds is 3. The molecule has 0 unspecified atom stereocenters. The summed E-state index contributed by atoms with van der Waals surface area (Å²) >= 11 is 0. The van der Waals surface area contributed by atoms with Crippen molar-refractivity contribution in [1.82, 2.24) is 15.2 Å². The molecular formula is C11H14N4. The number of nitrogens with one attached hydrogen (secondary N) is 1. The Bertz CT molecular complexity index is 484. The third-order valence-electron chi connectivity index (χ3n) is 3.17. The molecular weight excluding hydrogens is 188 g/mol.